The predicted molar refractivity (Wildman–Crippen MR) is 67.0 cm³/mol. The summed E-state index contributed by atoms with van der Waals surface area (Å²) in [5, 5.41) is 10.7. The Bertz CT molecular complexity index is 106. The lowest BCUT2D eigenvalue weighted by atomic mass is 10.0. The highest BCUT2D eigenvalue weighted by Crippen LogP contribution is 2.11. The molecule has 0 aromatic carbocycles. The molecule has 0 bridgehead atoms. The maximum Gasteiger partial charge on any atom is 0.0540 e. The summed E-state index contributed by atoms with van der Waals surface area (Å²) in [6.07, 6.45) is 10.8. The second kappa shape index (κ2) is 11.5. The van der Waals surface area contributed by atoms with E-state index in [1.807, 2.05) is 0 Å². The van der Waals surface area contributed by atoms with Crippen LogP contribution in [0.3, 0.4) is 0 Å². The van der Waals surface area contributed by atoms with Gasteiger partial charge < -0.3 is 5.11 Å². The van der Waals surface area contributed by atoms with Gasteiger partial charge in [0.1, 0.15) is 0 Å². The second-order valence-electron chi connectivity index (χ2n) is 4.04. The number of hydrogen-bond acceptors (Lipinski definition) is 1. The van der Waals surface area contributed by atoms with Crippen molar-refractivity contribution >= 4 is 15.9 Å². The van der Waals surface area contributed by atoms with Gasteiger partial charge in [0.15, 0.2) is 0 Å². The Morgan fingerprint density at radius 3 is 2.07 bits per heavy atom. The molecule has 0 aromatic rings. The molecule has 14 heavy (non-hydrogen) atoms. The fraction of sp³-hybridized carbons (Fsp3) is 1.00. The minimum absolute atomic E-state index is 0.0457. The Labute approximate surface area is 97.4 Å². The molecule has 0 aliphatic rings. The predicted octanol–water partition coefficient (Wildman–Crippen LogP) is 4.27. The standard InChI is InChI=1S/C12H25BrO/c1-2-3-4-5-6-9-12(14)10-7-8-11-13/h12,14H,2-11H2,1H3. The molecular formula is C12H25BrO. The van der Waals surface area contributed by atoms with Gasteiger partial charge in [0.05, 0.1) is 6.10 Å². The fourth-order valence-corrected chi connectivity index (χ4v) is 2.00. The molecule has 1 nitrogen and oxygen atoms in total. The lowest BCUT2D eigenvalue weighted by molar-refractivity contribution is 0.148. The molecule has 0 heterocycles. The summed E-state index contributed by atoms with van der Waals surface area (Å²) in [6.45, 7) is 2.23. The number of alkyl halides is 1. The first-order chi connectivity index (χ1) is 6.81. The Morgan fingerprint density at radius 1 is 0.929 bits per heavy atom. The lowest BCUT2D eigenvalue weighted by Crippen LogP contribution is -2.05. The third-order valence-corrected chi connectivity index (χ3v) is 3.12. The van der Waals surface area contributed by atoms with Crippen molar-refractivity contribution in [2.24, 2.45) is 0 Å². The van der Waals surface area contributed by atoms with E-state index in [-0.39, 0.29) is 6.10 Å². The molecule has 0 aromatic heterocycles. The molecule has 0 aliphatic carbocycles. The minimum atomic E-state index is -0.0457. The summed E-state index contributed by atoms with van der Waals surface area (Å²) in [5.74, 6) is 0. The highest BCUT2D eigenvalue weighted by atomic mass is 79.9. The average molecular weight is 265 g/mol. The molecule has 0 aliphatic heterocycles. The van der Waals surface area contributed by atoms with Crippen LogP contribution in [-0.4, -0.2) is 16.5 Å². The number of aliphatic hydroxyl groups excluding tert-OH is 1. The van der Waals surface area contributed by atoms with Crippen LogP contribution < -0.4 is 0 Å². The van der Waals surface area contributed by atoms with Crippen molar-refractivity contribution < 1.29 is 5.11 Å². The lowest BCUT2D eigenvalue weighted by Gasteiger charge is -2.09. The van der Waals surface area contributed by atoms with Crippen molar-refractivity contribution in [3.63, 3.8) is 0 Å². The van der Waals surface area contributed by atoms with E-state index >= 15 is 0 Å². The zero-order valence-electron chi connectivity index (χ0n) is 9.47. The smallest absolute Gasteiger partial charge is 0.0540 e. The van der Waals surface area contributed by atoms with Crippen LogP contribution >= 0.6 is 15.9 Å². The molecule has 0 spiro atoms. The molecule has 86 valence electrons. The van der Waals surface area contributed by atoms with Crippen LogP contribution in [0, 0.1) is 0 Å². The van der Waals surface area contributed by atoms with Crippen molar-refractivity contribution in [1.29, 1.82) is 0 Å². The number of halogens is 1. The largest absolute Gasteiger partial charge is 0.393 e. The zero-order chi connectivity index (χ0) is 10.6. The zero-order valence-corrected chi connectivity index (χ0v) is 11.1. The van der Waals surface area contributed by atoms with Crippen LogP contribution in [0.4, 0.5) is 0 Å². The van der Waals surface area contributed by atoms with E-state index in [9.17, 15) is 5.11 Å². The Hall–Kier alpha value is 0.440. The fourth-order valence-electron chi connectivity index (χ4n) is 1.60. The monoisotopic (exact) mass is 264 g/mol. The van der Waals surface area contributed by atoms with Crippen LogP contribution in [0.15, 0.2) is 0 Å². The van der Waals surface area contributed by atoms with Gasteiger partial charge in [0.2, 0.25) is 0 Å². The van der Waals surface area contributed by atoms with Crippen molar-refractivity contribution in [1.82, 2.24) is 0 Å². The van der Waals surface area contributed by atoms with Gasteiger partial charge in [0, 0.05) is 5.33 Å². The van der Waals surface area contributed by atoms with Crippen molar-refractivity contribution in [2.75, 3.05) is 5.33 Å². The highest BCUT2D eigenvalue weighted by Gasteiger charge is 2.02. The molecule has 0 rings (SSSR count). The molecule has 2 heteroatoms. The van der Waals surface area contributed by atoms with Crippen molar-refractivity contribution in [3.8, 4) is 0 Å². The number of aliphatic hydroxyl groups is 1. The molecule has 0 amide bonds. The summed E-state index contributed by atoms with van der Waals surface area (Å²) in [5.41, 5.74) is 0. The van der Waals surface area contributed by atoms with Crippen LogP contribution in [0.5, 0.6) is 0 Å². The molecule has 0 saturated carbocycles. The van der Waals surface area contributed by atoms with E-state index in [0.29, 0.717) is 0 Å². The molecule has 0 saturated heterocycles. The second-order valence-corrected chi connectivity index (χ2v) is 4.83. The summed E-state index contributed by atoms with van der Waals surface area (Å²) in [6, 6.07) is 0. The number of unbranched alkanes of at least 4 members (excludes halogenated alkanes) is 5. The topological polar surface area (TPSA) is 20.2 Å². The molecular weight excluding hydrogens is 240 g/mol. The quantitative estimate of drug-likeness (QED) is 0.462. The highest BCUT2D eigenvalue weighted by molar-refractivity contribution is 9.09. The third kappa shape index (κ3) is 10.5. The maximum absolute atomic E-state index is 9.62. The third-order valence-electron chi connectivity index (χ3n) is 2.56. The Kier molecular flexibility index (Phi) is 11.9. The average Bonchev–Trinajstić information content (AvgIpc) is 2.18. The number of rotatable bonds is 10. The molecule has 0 fully saturated rings. The van der Waals surface area contributed by atoms with Crippen LogP contribution in [0.1, 0.15) is 64.7 Å². The van der Waals surface area contributed by atoms with E-state index in [4.69, 9.17) is 0 Å². The SMILES string of the molecule is CCCCCCCC(O)CCCCBr. The van der Waals surface area contributed by atoms with E-state index < -0.39 is 0 Å². The first kappa shape index (κ1) is 14.4. The Balaban J connectivity index is 3.06. The van der Waals surface area contributed by atoms with E-state index in [1.165, 1.54) is 38.5 Å². The van der Waals surface area contributed by atoms with Gasteiger partial charge in [-0.1, -0.05) is 61.4 Å². The van der Waals surface area contributed by atoms with Gasteiger partial charge in [0.25, 0.3) is 0 Å². The number of hydrogen-bond donors (Lipinski definition) is 1. The Morgan fingerprint density at radius 2 is 1.50 bits per heavy atom. The van der Waals surface area contributed by atoms with Gasteiger partial charge in [-0.05, 0) is 19.3 Å². The first-order valence-corrected chi connectivity index (χ1v) is 7.17. The maximum atomic E-state index is 9.62. The summed E-state index contributed by atoms with van der Waals surface area (Å²) < 4.78 is 0. The molecule has 1 unspecified atom stereocenters. The van der Waals surface area contributed by atoms with Crippen molar-refractivity contribution in [3.05, 3.63) is 0 Å². The van der Waals surface area contributed by atoms with Gasteiger partial charge >= 0.3 is 0 Å². The van der Waals surface area contributed by atoms with Crippen LogP contribution in [-0.2, 0) is 0 Å². The van der Waals surface area contributed by atoms with Crippen molar-refractivity contribution in [2.45, 2.75) is 70.8 Å². The first-order valence-electron chi connectivity index (χ1n) is 6.05. The van der Waals surface area contributed by atoms with Gasteiger partial charge in [-0.3, -0.25) is 0 Å². The normalized spacial score (nSPS) is 13.1. The van der Waals surface area contributed by atoms with Gasteiger partial charge in [-0.25, -0.2) is 0 Å². The molecule has 1 N–H and O–H groups in total. The molecule has 0 radical (unpaired) electrons. The van der Waals surface area contributed by atoms with E-state index in [0.717, 1.165) is 24.6 Å². The molecule has 1 atom stereocenters. The van der Waals surface area contributed by atoms with E-state index in [1.54, 1.807) is 0 Å². The summed E-state index contributed by atoms with van der Waals surface area (Å²) >= 11 is 3.40. The summed E-state index contributed by atoms with van der Waals surface area (Å²) in [4.78, 5) is 0. The van der Waals surface area contributed by atoms with Gasteiger partial charge in [-0.2, -0.15) is 0 Å². The van der Waals surface area contributed by atoms with Crippen LogP contribution in [0.2, 0.25) is 0 Å². The van der Waals surface area contributed by atoms with E-state index in [2.05, 4.69) is 22.9 Å². The summed E-state index contributed by atoms with van der Waals surface area (Å²) in [7, 11) is 0. The minimum Gasteiger partial charge on any atom is -0.393 e. The van der Waals surface area contributed by atoms with Crippen LogP contribution in [0.25, 0.3) is 0 Å². The van der Waals surface area contributed by atoms with Gasteiger partial charge in [-0.15, -0.1) is 0 Å².